The van der Waals surface area contributed by atoms with Crippen LogP contribution in [0.5, 0.6) is 0 Å². The average Bonchev–Trinajstić information content (AvgIpc) is 3.44. The van der Waals surface area contributed by atoms with E-state index >= 15 is 0 Å². The van der Waals surface area contributed by atoms with Crippen molar-refractivity contribution in [2.75, 3.05) is 5.32 Å². The molecule has 0 atom stereocenters. The molecule has 0 spiro atoms. The van der Waals surface area contributed by atoms with Gasteiger partial charge in [0.25, 0.3) is 0 Å². The van der Waals surface area contributed by atoms with Gasteiger partial charge in [0.15, 0.2) is 0 Å². The molecule has 4 aromatic heterocycles. The van der Waals surface area contributed by atoms with Crippen molar-refractivity contribution in [3.63, 3.8) is 0 Å². The lowest BCUT2D eigenvalue weighted by atomic mass is 9.87. The van der Waals surface area contributed by atoms with Gasteiger partial charge in [0.05, 0.1) is 29.1 Å². The van der Waals surface area contributed by atoms with Crippen molar-refractivity contribution in [1.29, 1.82) is 5.26 Å². The summed E-state index contributed by atoms with van der Waals surface area (Å²) in [5.74, 6) is 0.837. The number of nitrogens with zero attached hydrogens (tertiary/aromatic N) is 4. The molecular weight excluding hydrogens is 414 g/mol. The molecule has 0 saturated heterocycles. The summed E-state index contributed by atoms with van der Waals surface area (Å²) in [6.07, 6.45) is 8.62. The minimum absolute atomic E-state index is 0.199. The molecule has 1 aliphatic carbocycles. The maximum Gasteiger partial charge on any atom is 0.230 e. The molecule has 1 aliphatic rings. The summed E-state index contributed by atoms with van der Waals surface area (Å²) < 4.78 is 9.07. The van der Waals surface area contributed by atoms with Gasteiger partial charge in [-0.2, -0.15) is 5.26 Å². The van der Waals surface area contributed by atoms with Crippen LogP contribution >= 0.6 is 11.9 Å². The molecule has 0 bridgehead atoms. The molecule has 31 heavy (non-hydrogen) atoms. The maximum atomic E-state index is 9.29. The van der Waals surface area contributed by atoms with E-state index in [0.717, 1.165) is 40.2 Å². The van der Waals surface area contributed by atoms with Gasteiger partial charge in [-0.15, -0.1) is 0 Å². The van der Waals surface area contributed by atoms with E-state index in [1.54, 1.807) is 24.5 Å². The first-order valence-electron chi connectivity index (χ1n) is 9.80. The molecule has 4 N–H and O–H groups in total. The fourth-order valence-electron chi connectivity index (χ4n) is 3.55. The van der Waals surface area contributed by atoms with Gasteiger partial charge in [0.2, 0.25) is 5.89 Å². The van der Waals surface area contributed by atoms with E-state index in [0.29, 0.717) is 23.3 Å². The molecule has 4 aromatic rings. The molecule has 1 saturated carbocycles. The number of aliphatic hydroxyl groups is 1. The summed E-state index contributed by atoms with van der Waals surface area (Å²) in [7, 11) is 0. The van der Waals surface area contributed by atoms with E-state index in [-0.39, 0.29) is 12.6 Å². The van der Waals surface area contributed by atoms with Gasteiger partial charge < -0.3 is 19.8 Å². The molecule has 5 rings (SSSR count). The van der Waals surface area contributed by atoms with Crippen LogP contribution in [-0.4, -0.2) is 37.1 Å². The normalized spacial score (nSPS) is 17.9. The zero-order valence-corrected chi connectivity index (χ0v) is 17.2. The molecule has 156 valence electrons. The van der Waals surface area contributed by atoms with E-state index < -0.39 is 0 Å². The topological polar surface area (TPSA) is 136 Å². The molecule has 0 unspecified atom stereocenters. The highest BCUT2D eigenvalue weighted by Gasteiger charge is 2.30. The van der Waals surface area contributed by atoms with Gasteiger partial charge in [-0.25, -0.2) is 15.0 Å². The molecule has 4 heterocycles. The van der Waals surface area contributed by atoms with Crippen LogP contribution in [0.15, 0.2) is 52.4 Å². The van der Waals surface area contributed by atoms with E-state index in [2.05, 4.69) is 36.0 Å². The number of hydrogen-bond donors (Lipinski definition) is 4. The van der Waals surface area contributed by atoms with E-state index in [9.17, 15) is 5.11 Å². The summed E-state index contributed by atoms with van der Waals surface area (Å²) in [4.78, 5) is 16.2. The Balaban J connectivity index is 1.27. The van der Waals surface area contributed by atoms with Crippen LogP contribution in [0.1, 0.15) is 24.2 Å². The van der Waals surface area contributed by atoms with Gasteiger partial charge in [-0.05, 0) is 43.0 Å². The number of oxazole rings is 1. The number of aliphatic hydroxyl groups excluding tert-OH is 1. The zero-order valence-electron chi connectivity index (χ0n) is 16.4. The number of aromatic nitrogens is 4. The Hall–Kier alpha value is -3.39. The van der Waals surface area contributed by atoms with Crippen molar-refractivity contribution >= 4 is 28.7 Å². The average molecular weight is 433 g/mol. The summed E-state index contributed by atoms with van der Waals surface area (Å²) in [5, 5.41) is 23.7. The Bertz CT molecular complexity index is 1260. The van der Waals surface area contributed by atoms with Gasteiger partial charge >= 0.3 is 0 Å². The second-order valence-corrected chi connectivity index (χ2v) is 8.16. The molecule has 0 radical (unpaired) electrons. The minimum Gasteiger partial charge on any atom is -0.439 e. The number of rotatable bonds is 7. The number of H-pyrrole nitrogens is 1. The molecule has 0 aliphatic heterocycles. The fourth-order valence-corrected chi connectivity index (χ4v) is 4.32. The summed E-state index contributed by atoms with van der Waals surface area (Å²) in [5.41, 5.74) is 3.06. The number of anilines is 1. The highest BCUT2D eigenvalue weighted by Crippen LogP contribution is 2.36. The van der Waals surface area contributed by atoms with Crippen LogP contribution in [-0.2, 0) is 6.61 Å². The standard InChI is InChI=1S/C21H19N7O2S/c22-8-12-1-3-23-18(5-12)31-28-14-6-13(7-14)27-19-16-2-4-24-20(16)25-10-17(19)21-26-9-15(11-29)30-21/h1-5,9-10,13-14,28-29H,6-7,11H2,(H2,24,25,27). The van der Waals surface area contributed by atoms with Crippen LogP contribution in [0.2, 0.25) is 0 Å². The van der Waals surface area contributed by atoms with Crippen molar-refractivity contribution in [3.8, 4) is 17.5 Å². The SMILES string of the molecule is N#Cc1ccnc(SNC2CC(Nc3c(-c4ncc(CO)o4)cnc4[nH]ccc34)C2)c1. The second-order valence-electron chi connectivity index (χ2n) is 7.30. The van der Waals surface area contributed by atoms with Gasteiger partial charge in [-0.1, -0.05) is 0 Å². The number of fused-ring (bicyclic) bond motifs is 1. The molecular formula is C21H19N7O2S. The number of aromatic amines is 1. The van der Waals surface area contributed by atoms with E-state index in [4.69, 9.17) is 9.68 Å². The molecule has 0 amide bonds. The number of nitriles is 1. The van der Waals surface area contributed by atoms with Crippen molar-refractivity contribution in [2.45, 2.75) is 36.6 Å². The number of hydrogen-bond acceptors (Lipinski definition) is 9. The van der Waals surface area contributed by atoms with Crippen LogP contribution in [0.3, 0.4) is 0 Å². The third kappa shape index (κ3) is 3.98. The largest absolute Gasteiger partial charge is 0.439 e. The Kier molecular flexibility index (Phi) is 5.30. The van der Waals surface area contributed by atoms with Crippen LogP contribution in [0.4, 0.5) is 5.69 Å². The third-order valence-electron chi connectivity index (χ3n) is 5.21. The highest BCUT2D eigenvalue weighted by atomic mass is 32.2. The van der Waals surface area contributed by atoms with E-state index in [1.165, 1.54) is 18.1 Å². The van der Waals surface area contributed by atoms with Crippen molar-refractivity contribution in [3.05, 3.63) is 54.3 Å². The van der Waals surface area contributed by atoms with Crippen LogP contribution in [0, 0.1) is 11.3 Å². The lowest BCUT2D eigenvalue weighted by Crippen LogP contribution is -2.45. The molecule has 10 heteroatoms. The number of pyridine rings is 2. The van der Waals surface area contributed by atoms with E-state index in [1.807, 2.05) is 12.3 Å². The quantitative estimate of drug-likeness (QED) is 0.324. The second kappa shape index (κ2) is 8.39. The summed E-state index contributed by atoms with van der Waals surface area (Å²) in [6, 6.07) is 8.19. The van der Waals surface area contributed by atoms with Crippen molar-refractivity contribution in [2.24, 2.45) is 0 Å². The minimum atomic E-state index is -0.199. The van der Waals surface area contributed by atoms with Gasteiger partial charge in [0, 0.05) is 36.1 Å². The fraction of sp³-hybridized carbons (Fsp3) is 0.238. The summed E-state index contributed by atoms with van der Waals surface area (Å²) in [6.45, 7) is -0.199. The first-order chi connectivity index (χ1) is 15.2. The zero-order chi connectivity index (χ0) is 21.2. The Labute approximate surface area is 182 Å². The first-order valence-corrected chi connectivity index (χ1v) is 10.6. The monoisotopic (exact) mass is 433 g/mol. The lowest BCUT2D eigenvalue weighted by molar-refractivity contribution is 0.248. The summed E-state index contributed by atoms with van der Waals surface area (Å²) >= 11 is 1.45. The van der Waals surface area contributed by atoms with Crippen LogP contribution < -0.4 is 10.0 Å². The van der Waals surface area contributed by atoms with Crippen LogP contribution in [0.25, 0.3) is 22.5 Å². The predicted molar refractivity (Wildman–Crippen MR) is 116 cm³/mol. The Morgan fingerprint density at radius 1 is 1.23 bits per heavy atom. The highest BCUT2D eigenvalue weighted by molar-refractivity contribution is 7.97. The molecule has 9 nitrogen and oxygen atoms in total. The smallest absolute Gasteiger partial charge is 0.230 e. The van der Waals surface area contributed by atoms with Gasteiger partial charge in [0.1, 0.15) is 23.0 Å². The lowest BCUT2D eigenvalue weighted by Gasteiger charge is -2.37. The number of nitrogens with one attached hydrogen (secondary N) is 3. The Morgan fingerprint density at radius 2 is 2.13 bits per heavy atom. The van der Waals surface area contributed by atoms with Gasteiger partial charge in [-0.3, -0.25) is 4.72 Å². The first kappa shape index (κ1) is 19.6. The Morgan fingerprint density at radius 3 is 2.94 bits per heavy atom. The predicted octanol–water partition coefficient (Wildman–Crippen LogP) is 3.22. The maximum absolute atomic E-state index is 9.29. The van der Waals surface area contributed by atoms with Crippen molar-refractivity contribution < 1.29 is 9.52 Å². The molecule has 0 aromatic carbocycles. The molecule has 1 fully saturated rings. The van der Waals surface area contributed by atoms with Crippen molar-refractivity contribution in [1.82, 2.24) is 24.7 Å². The third-order valence-corrected chi connectivity index (χ3v) is 6.09.